The van der Waals surface area contributed by atoms with Gasteiger partial charge in [-0.25, -0.2) is 9.97 Å². The predicted octanol–water partition coefficient (Wildman–Crippen LogP) is 1.09. The quantitative estimate of drug-likeness (QED) is 0.852. The third-order valence-electron chi connectivity index (χ3n) is 2.39. The molecule has 17 heavy (non-hydrogen) atoms. The van der Waals surface area contributed by atoms with Crippen molar-refractivity contribution >= 4 is 27.4 Å². The van der Waals surface area contributed by atoms with Gasteiger partial charge >= 0.3 is 0 Å². The molecule has 0 spiro atoms. The first-order valence-electron chi connectivity index (χ1n) is 5.42. The lowest BCUT2D eigenvalue weighted by molar-refractivity contribution is 0.137. The van der Waals surface area contributed by atoms with Crippen molar-refractivity contribution in [3.63, 3.8) is 0 Å². The van der Waals surface area contributed by atoms with Gasteiger partial charge in [0.05, 0.1) is 18.0 Å². The maximum atomic E-state index is 9.29. The van der Waals surface area contributed by atoms with E-state index < -0.39 is 0 Å². The number of likely N-dealkylation sites (N-methyl/N-ethyl adjacent to an activating group) is 1. The number of aliphatic hydroxyl groups excluding tert-OH is 1. The summed E-state index contributed by atoms with van der Waals surface area (Å²) in [7, 11) is 1.92. The number of nitrogens with two attached hydrogens (primary N) is 1. The summed E-state index contributed by atoms with van der Waals surface area (Å²) in [4.78, 5) is 11.6. The van der Waals surface area contributed by atoms with E-state index in [-0.39, 0.29) is 6.10 Å². The van der Waals surface area contributed by atoms with Crippen molar-refractivity contribution in [1.82, 2.24) is 14.9 Å². The molecule has 1 atom stereocenters. The van der Waals surface area contributed by atoms with E-state index in [1.54, 1.807) is 18.3 Å². The molecule has 3 N–H and O–H groups in total. The molecule has 2 aromatic rings. The number of hydrogen-bond donors (Lipinski definition) is 2. The van der Waals surface area contributed by atoms with Crippen molar-refractivity contribution in [1.29, 1.82) is 0 Å². The van der Waals surface area contributed by atoms with Gasteiger partial charge in [0.15, 0.2) is 0 Å². The summed E-state index contributed by atoms with van der Waals surface area (Å²) in [5.74, 6) is 1.22. The lowest BCUT2D eigenvalue weighted by Gasteiger charge is -2.17. The molecule has 1 unspecified atom stereocenters. The molecule has 6 heteroatoms. The monoisotopic (exact) mass is 252 g/mol. The largest absolute Gasteiger partial charge is 0.392 e. The van der Waals surface area contributed by atoms with Crippen molar-refractivity contribution < 1.29 is 5.11 Å². The molecule has 0 aliphatic rings. The van der Waals surface area contributed by atoms with Crippen LogP contribution in [0, 0.1) is 0 Å². The molecule has 0 radical (unpaired) electrons. The van der Waals surface area contributed by atoms with Crippen LogP contribution in [0.25, 0.3) is 10.2 Å². The van der Waals surface area contributed by atoms with Crippen molar-refractivity contribution in [3.8, 4) is 0 Å². The molecule has 0 amide bonds. The van der Waals surface area contributed by atoms with Gasteiger partial charge in [0, 0.05) is 6.54 Å². The molecule has 0 aliphatic carbocycles. The molecule has 0 saturated heterocycles. The zero-order chi connectivity index (χ0) is 12.4. The third kappa shape index (κ3) is 2.91. The standard InChI is InChI=1S/C11H16N4OS/c1-7(16)5-15(2)6-9-13-10(12)8-3-4-17-11(8)14-9/h3-4,7,16H,5-6H2,1-2H3,(H2,12,13,14). The first-order chi connectivity index (χ1) is 8.06. The van der Waals surface area contributed by atoms with Crippen LogP contribution in [-0.2, 0) is 6.54 Å². The fourth-order valence-corrected chi connectivity index (χ4v) is 2.54. The number of nitrogens with zero attached hydrogens (tertiary/aromatic N) is 3. The second kappa shape index (κ2) is 4.95. The number of anilines is 1. The average molecular weight is 252 g/mol. The zero-order valence-corrected chi connectivity index (χ0v) is 10.7. The minimum absolute atomic E-state index is 0.359. The van der Waals surface area contributed by atoms with Crippen LogP contribution in [0.2, 0.25) is 0 Å². The average Bonchev–Trinajstić information content (AvgIpc) is 2.64. The Morgan fingerprint density at radius 1 is 1.53 bits per heavy atom. The lowest BCUT2D eigenvalue weighted by Crippen LogP contribution is -2.27. The molecular formula is C11H16N4OS. The van der Waals surface area contributed by atoms with Crippen molar-refractivity contribution in [2.75, 3.05) is 19.3 Å². The summed E-state index contributed by atoms with van der Waals surface area (Å²) in [6.45, 7) is 2.93. The van der Waals surface area contributed by atoms with E-state index in [4.69, 9.17) is 5.73 Å². The normalized spacial score (nSPS) is 13.4. The van der Waals surface area contributed by atoms with Crippen LogP contribution in [0.3, 0.4) is 0 Å². The Hall–Kier alpha value is -1.24. The Morgan fingerprint density at radius 3 is 3.00 bits per heavy atom. The second-order valence-corrected chi connectivity index (χ2v) is 5.10. The van der Waals surface area contributed by atoms with Gasteiger partial charge in [0.1, 0.15) is 16.5 Å². The van der Waals surface area contributed by atoms with E-state index in [2.05, 4.69) is 9.97 Å². The molecule has 0 bridgehead atoms. The molecule has 2 aromatic heterocycles. The molecule has 2 rings (SSSR count). The van der Waals surface area contributed by atoms with Crippen LogP contribution in [-0.4, -0.2) is 39.7 Å². The second-order valence-electron chi connectivity index (χ2n) is 4.21. The van der Waals surface area contributed by atoms with E-state index >= 15 is 0 Å². The lowest BCUT2D eigenvalue weighted by atomic mass is 10.3. The topological polar surface area (TPSA) is 75.3 Å². The van der Waals surface area contributed by atoms with E-state index in [1.165, 1.54) is 0 Å². The van der Waals surface area contributed by atoms with Crippen LogP contribution in [0.15, 0.2) is 11.4 Å². The number of fused-ring (bicyclic) bond motifs is 1. The number of hydrogen-bond acceptors (Lipinski definition) is 6. The number of aliphatic hydroxyl groups is 1. The highest BCUT2D eigenvalue weighted by molar-refractivity contribution is 7.16. The highest BCUT2D eigenvalue weighted by atomic mass is 32.1. The summed E-state index contributed by atoms with van der Waals surface area (Å²) in [5, 5.41) is 12.2. The first-order valence-corrected chi connectivity index (χ1v) is 6.30. The molecule has 0 saturated carbocycles. The fraction of sp³-hybridized carbons (Fsp3) is 0.455. The van der Waals surface area contributed by atoms with Gasteiger partial charge in [-0.3, -0.25) is 4.90 Å². The van der Waals surface area contributed by atoms with Gasteiger partial charge in [-0.15, -0.1) is 11.3 Å². The minimum atomic E-state index is -0.359. The van der Waals surface area contributed by atoms with E-state index in [0.717, 1.165) is 10.2 Å². The van der Waals surface area contributed by atoms with Gasteiger partial charge in [0.2, 0.25) is 0 Å². The number of rotatable bonds is 4. The number of thiophene rings is 1. The maximum Gasteiger partial charge on any atom is 0.146 e. The fourth-order valence-electron chi connectivity index (χ4n) is 1.75. The summed E-state index contributed by atoms with van der Waals surface area (Å²) < 4.78 is 0. The molecule has 0 aliphatic heterocycles. The highest BCUT2D eigenvalue weighted by Crippen LogP contribution is 2.22. The van der Waals surface area contributed by atoms with Crippen LogP contribution >= 0.6 is 11.3 Å². The van der Waals surface area contributed by atoms with Crippen molar-refractivity contribution in [2.24, 2.45) is 0 Å². The van der Waals surface area contributed by atoms with Gasteiger partial charge in [-0.1, -0.05) is 0 Å². The molecule has 2 heterocycles. The van der Waals surface area contributed by atoms with Crippen LogP contribution < -0.4 is 5.73 Å². The summed E-state index contributed by atoms with van der Waals surface area (Å²) >= 11 is 1.56. The zero-order valence-electron chi connectivity index (χ0n) is 9.92. The third-order valence-corrected chi connectivity index (χ3v) is 3.19. The SMILES string of the molecule is CC(O)CN(C)Cc1nc(N)c2ccsc2n1. The van der Waals surface area contributed by atoms with E-state index in [1.807, 2.05) is 23.4 Å². The van der Waals surface area contributed by atoms with Gasteiger partial charge in [-0.05, 0) is 25.4 Å². The van der Waals surface area contributed by atoms with Crippen molar-refractivity contribution in [3.05, 3.63) is 17.3 Å². The summed E-state index contributed by atoms with van der Waals surface area (Å²) in [6.07, 6.45) is -0.359. The Bertz CT molecular complexity index is 511. The van der Waals surface area contributed by atoms with Gasteiger partial charge in [0.25, 0.3) is 0 Å². The molecule has 92 valence electrons. The van der Waals surface area contributed by atoms with Gasteiger partial charge in [-0.2, -0.15) is 0 Å². The van der Waals surface area contributed by atoms with Crippen LogP contribution in [0.1, 0.15) is 12.7 Å². The Kier molecular flexibility index (Phi) is 3.56. The summed E-state index contributed by atoms with van der Waals surface area (Å²) in [6, 6.07) is 1.93. The molecule has 0 aromatic carbocycles. The smallest absolute Gasteiger partial charge is 0.146 e. The minimum Gasteiger partial charge on any atom is -0.392 e. The van der Waals surface area contributed by atoms with E-state index in [0.29, 0.717) is 24.7 Å². The Morgan fingerprint density at radius 2 is 2.29 bits per heavy atom. The summed E-state index contributed by atoms with van der Waals surface area (Å²) in [5.41, 5.74) is 5.87. The highest BCUT2D eigenvalue weighted by Gasteiger charge is 2.09. The molecule has 5 nitrogen and oxygen atoms in total. The van der Waals surface area contributed by atoms with Gasteiger partial charge < -0.3 is 10.8 Å². The first kappa shape index (κ1) is 12.2. The molecule has 0 fully saturated rings. The van der Waals surface area contributed by atoms with Crippen LogP contribution in [0.4, 0.5) is 5.82 Å². The Labute approximate surface area is 104 Å². The van der Waals surface area contributed by atoms with Crippen LogP contribution in [0.5, 0.6) is 0 Å². The number of nitrogen functional groups attached to an aromatic ring is 1. The van der Waals surface area contributed by atoms with E-state index in [9.17, 15) is 5.11 Å². The predicted molar refractivity (Wildman–Crippen MR) is 69.8 cm³/mol. The maximum absolute atomic E-state index is 9.29. The Balaban J connectivity index is 2.18. The van der Waals surface area contributed by atoms with Crippen molar-refractivity contribution in [2.45, 2.75) is 19.6 Å². The number of aromatic nitrogens is 2. The molecular weight excluding hydrogens is 236 g/mol.